The van der Waals surface area contributed by atoms with Crippen LogP contribution in [0.15, 0.2) is 71.1 Å². The lowest BCUT2D eigenvalue weighted by molar-refractivity contribution is 0.222. The van der Waals surface area contributed by atoms with Gasteiger partial charge in [-0.15, -0.1) is 0 Å². The zero-order valence-corrected chi connectivity index (χ0v) is 16.5. The van der Waals surface area contributed by atoms with Crippen molar-refractivity contribution in [3.63, 3.8) is 0 Å². The van der Waals surface area contributed by atoms with Crippen molar-refractivity contribution in [3.05, 3.63) is 66.7 Å². The Balaban J connectivity index is 1.70. The first-order valence-corrected chi connectivity index (χ1v) is 9.71. The number of fused-ring (bicyclic) bond motifs is 3. The molecule has 2 aromatic heterocycles. The molecule has 5 aromatic rings. The summed E-state index contributed by atoms with van der Waals surface area (Å²) in [6, 6.07) is 20.9. The minimum atomic E-state index is -0.0993. The fourth-order valence-corrected chi connectivity index (χ4v) is 3.40. The predicted octanol–water partition coefficient (Wildman–Crippen LogP) is 5.60. The number of aromatic nitrogens is 3. The SMILES string of the molecule is CC(C)Oc1nc(-c2ccc3oc4ccccc4c3c2)nc(-c2ccccc2O)n1. The van der Waals surface area contributed by atoms with Gasteiger partial charge in [-0.05, 0) is 50.2 Å². The second-order valence-corrected chi connectivity index (χ2v) is 7.26. The molecule has 0 unspecified atom stereocenters. The van der Waals surface area contributed by atoms with E-state index in [9.17, 15) is 5.11 Å². The summed E-state index contributed by atoms with van der Waals surface area (Å²) in [7, 11) is 0. The van der Waals surface area contributed by atoms with E-state index in [0.717, 1.165) is 27.5 Å². The van der Waals surface area contributed by atoms with Crippen LogP contribution in [0.5, 0.6) is 11.8 Å². The maximum atomic E-state index is 10.3. The van der Waals surface area contributed by atoms with Gasteiger partial charge in [0.15, 0.2) is 11.6 Å². The molecule has 0 atom stereocenters. The number of ether oxygens (including phenoxy) is 1. The van der Waals surface area contributed by atoms with Crippen molar-refractivity contribution in [3.8, 4) is 34.5 Å². The molecule has 0 saturated carbocycles. The van der Waals surface area contributed by atoms with Crippen LogP contribution in [-0.4, -0.2) is 26.2 Å². The summed E-state index contributed by atoms with van der Waals surface area (Å²) in [5.74, 6) is 0.915. The van der Waals surface area contributed by atoms with E-state index in [4.69, 9.17) is 9.15 Å². The highest BCUT2D eigenvalue weighted by molar-refractivity contribution is 6.06. The Morgan fingerprint density at radius 1 is 0.800 bits per heavy atom. The summed E-state index contributed by atoms with van der Waals surface area (Å²) < 4.78 is 11.7. The molecule has 0 fully saturated rings. The summed E-state index contributed by atoms with van der Waals surface area (Å²) in [4.78, 5) is 13.5. The lowest BCUT2D eigenvalue weighted by Crippen LogP contribution is -2.10. The first-order chi connectivity index (χ1) is 14.6. The summed E-state index contributed by atoms with van der Waals surface area (Å²) in [5, 5.41) is 12.3. The number of para-hydroxylation sites is 2. The van der Waals surface area contributed by atoms with Gasteiger partial charge < -0.3 is 14.3 Å². The highest BCUT2D eigenvalue weighted by Gasteiger charge is 2.16. The molecule has 3 aromatic carbocycles. The average Bonchev–Trinajstić information content (AvgIpc) is 3.11. The van der Waals surface area contributed by atoms with Crippen LogP contribution in [0.3, 0.4) is 0 Å². The lowest BCUT2D eigenvalue weighted by atomic mass is 10.1. The number of hydrogen-bond donors (Lipinski definition) is 1. The summed E-state index contributed by atoms with van der Waals surface area (Å²) in [6.07, 6.45) is -0.0993. The molecule has 6 heteroatoms. The van der Waals surface area contributed by atoms with Crippen molar-refractivity contribution in [2.75, 3.05) is 0 Å². The average molecular weight is 397 g/mol. The Morgan fingerprint density at radius 3 is 2.37 bits per heavy atom. The van der Waals surface area contributed by atoms with Gasteiger partial charge in [0.2, 0.25) is 0 Å². The van der Waals surface area contributed by atoms with Gasteiger partial charge in [0.1, 0.15) is 16.9 Å². The van der Waals surface area contributed by atoms with E-state index >= 15 is 0 Å². The molecule has 5 rings (SSSR count). The van der Waals surface area contributed by atoms with Gasteiger partial charge in [-0.3, -0.25) is 0 Å². The van der Waals surface area contributed by atoms with E-state index in [2.05, 4.69) is 15.0 Å². The van der Waals surface area contributed by atoms with Crippen LogP contribution in [0, 0.1) is 0 Å². The summed E-state index contributed by atoms with van der Waals surface area (Å²) >= 11 is 0. The molecule has 0 spiro atoms. The predicted molar refractivity (Wildman–Crippen MR) is 115 cm³/mol. The third-order valence-electron chi connectivity index (χ3n) is 4.74. The van der Waals surface area contributed by atoms with Gasteiger partial charge in [-0.1, -0.05) is 30.3 Å². The number of nitrogens with zero attached hydrogens (tertiary/aromatic N) is 3. The van der Waals surface area contributed by atoms with Crippen molar-refractivity contribution < 1.29 is 14.3 Å². The number of hydrogen-bond acceptors (Lipinski definition) is 6. The Kier molecular flexibility index (Phi) is 4.32. The number of phenolic OH excluding ortho intramolecular Hbond substituents is 1. The summed E-state index contributed by atoms with van der Waals surface area (Å²) in [6.45, 7) is 3.82. The molecule has 148 valence electrons. The van der Waals surface area contributed by atoms with E-state index in [0.29, 0.717) is 17.2 Å². The third-order valence-corrected chi connectivity index (χ3v) is 4.74. The normalized spacial score (nSPS) is 11.4. The van der Waals surface area contributed by atoms with Crippen molar-refractivity contribution in [1.82, 2.24) is 15.0 Å². The number of benzene rings is 3. The fraction of sp³-hybridized carbons (Fsp3) is 0.125. The van der Waals surface area contributed by atoms with Gasteiger partial charge in [0.25, 0.3) is 0 Å². The molecule has 30 heavy (non-hydrogen) atoms. The Bertz CT molecular complexity index is 1380. The van der Waals surface area contributed by atoms with Gasteiger partial charge in [-0.25, -0.2) is 4.98 Å². The van der Waals surface area contributed by atoms with Gasteiger partial charge in [-0.2, -0.15) is 9.97 Å². The van der Waals surface area contributed by atoms with E-state index in [1.807, 2.05) is 62.4 Å². The zero-order chi connectivity index (χ0) is 20.7. The van der Waals surface area contributed by atoms with Crippen LogP contribution < -0.4 is 4.74 Å². The van der Waals surface area contributed by atoms with Crippen LogP contribution >= 0.6 is 0 Å². The van der Waals surface area contributed by atoms with E-state index in [1.165, 1.54) is 0 Å². The molecule has 0 bridgehead atoms. The molecular weight excluding hydrogens is 378 g/mol. The largest absolute Gasteiger partial charge is 0.507 e. The van der Waals surface area contributed by atoms with Crippen molar-refractivity contribution in [2.24, 2.45) is 0 Å². The molecule has 0 radical (unpaired) electrons. The van der Waals surface area contributed by atoms with Gasteiger partial charge in [0, 0.05) is 16.3 Å². The van der Waals surface area contributed by atoms with Gasteiger partial charge in [0.05, 0.1) is 11.7 Å². The van der Waals surface area contributed by atoms with E-state index < -0.39 is 0 Å². The maximum Gasteiger partial charge on any atom is 0.320 e. The number of phenols is 1. The molecule has 2 heterocycles. The van der Waals surface area contributed by atoms with Crippen LogP contribution in [0.4, 0.5) is 0 Å². The fourth-order valence-electron chi connectivity index (χ4n) is 3.40. The highest BCUT2D eigenvalue weighted by atomic mass is 16.5. The zero-order valence-electron chi connectivity index (χ0n) is 16.5. The second-order valence-electron chi connectivity index (χ2n) is 7.26. The first-order valence-electron chi connectivity index (χ1n) is 9.71. The summed E-state index contributed by atoms with van der Waals surface area (Å²) in [5.41, 5.74) is 2.96. The monoisotopic (exact) mass is 397 g/mol. The molecule has 0 amide bonds. The molecule has 1 N–H and O–H groups in total. The molecule has 0 aliphatic carbocycles. The molecule has 0 saturated heterocycles. The van der Waals surface area contributed by atoms with Crippen LogP contribution in [-0.2, 0) is 0 Å². The maximum absolute atomic E-state index is 10.3. The smallest absolute Gasteiger partial charge is 0.320 e. The highest BCUT2D eigenvalue weighted by Crippen LogP contribution is 2.33. The topological polar surface area (TPSA) is 81.3 Å². The quantitative estimate of drug-likeness (QED) is 0.425. The second kappa shape index (κ2) is 7.15. The minimum Gasteiger partial charge on any atom is -0.507 e. The minimum absolute atomic E-state index is 0.0985. The third kappa shape index (κ3) is 3.22. The standard InChI is InChI=1S/C24H19N3O3/c1-14(2)29-24-26-22(25-23(27-24)17-8-3-5-9-19(17)28)15-11-12-21-18(13-15)16-7-4-6-10-20(16)30-21/h3-14,28H,1-2H3. The first kappa shape index (κ1) is 18.1. The van der Waals surface area contributed by atoms with Crippen molar-refractivity contribution in [2.45, 2.75) is 20.0 Å². The van der Waals surface area contributed by atoms with Crippen LogP contribution in [0.25, 0.3) is 44.7 Å². The van der Waals surface area contributed by atoms with Crippen molar-refractivity contribution >= 4 is 21.9 Å². The van der Waals surface area contributed by atoms with Gasteiger partial charge >= 0.3 is 6.01 Å². The molecule has 0 aliphatic rings. The van der Waals surface area contributed by atoms with E-state index in [-0.39, 0.29) is 17.9 Å². The lowest BCUT2D eigenvalue weighted by Gasteiger charge is -2.11. The van der Waals surface area contributed by atoms with E-state index in [1.54, 1.807) is 18.2 Å². The molecular formula is C24H19N3O3. The number of aromatic hydroxyl groups is 1. The van der Waals surface area contributed by atoms with Crippen LogP contribution in [0.2, 0.25) is 0 Å². The molecule has 6 nitrogen and oxygen atoms in total. The molecule has 0 aliphatic heterocycles. The van der Waals surface area contributed by atoms with Crippen molar-refractivity contribution in [1.29, 1.82) is 0 Å². The Labute approximate surface area is 172 Å². The number of rotatable bonds is 4. The number of furan rings is 1. The Morgan fingerprint density at radius 2 is 1.53 bits per heavy atom. The van der Waals surface area contributed by atoms with Crippen LogP contribution in [0.1, 0.15) is 13.8 Å². The Hall–Kier alpha value is -3.93.